The fourth-order valence-corrected chi connectivity index (χ4v) is 2.55. The van der Waals surface area contributed by atoms with Gasteiger partial charge in [0.05, 0.1) is 11.8 Å². The van der Waals surface area contributed by atoms with Crippen LogP contribution in [-0.2, 0) is 19.2 Å². The number of rotatable bonds is 2. The lowest BCUT2D eigenvalue weighted by atomic mass is 10.1. The summed E-state index contributed by atoms with van der Waals surface area (Å²) in [6.07, 6.45) is 0. The molecule has 2 rings (SSSR count). The Labute approximate surface area is 103 Å². The average Bonchev–Trinajstić information content (AvgIpc) is 2.79. The Hall–Kier alpha value is -1.92. The maximum Gasteiger partial charge on any atom is 0.307 e. The van der Waals surface area contributed by atoms with E-state index in [9.17, 15) is 19.2 Å². The number of amides is 3. The van der Waals surface area contributed by atoms with Gasteiger partial charge in [0.25, 0.3) is 0 Å². The van der Waals surface area contributed by atoms with E-state index in [1.165, 1.54) is 0 Å². The molecule has 98 valence electrons. The highest BCUT2D eigenvalue weighted by Gasteiger charge is 2.66. The summed E-state index contributed by atoms with van der Waals surface area (Å²) >= 11 is 0. The summed E-state index contributed by atoms with van der Waals surface area (Å²) in [5.74, 6) is -3.93. The number of carboxylic acids is 1. The molecule has 18 heavy (non-hydrogen) atoms. The molecule has 0 aromatic rings. The third-order valence-corrected chi connectivity index (χ3v) is 3.62. The fraction of sp³-hybridized carbons (Fsp3) is 0.636. The molecule has 2 N–H and O–H groups in total. The molecule has 0 radical (unpaired) electrons. The summed E-state index contributed by atoms with van der Waals surface area (Å²) in [6, 6.07) is 0. The lowest BCUT2D eigenvalue weighted by Crippen LogP contribution is -2.54. The molecule has 0 aromatic heterocycles. The summed E-state index contributed by atoms with van der Waals surface area (Å²) < 4.78 is 0. The molecule has 0 bridgehead atoms. The van der Waals surface area contributed by atoms with Gasteiger partial charge >= 0.3 is 5.97 Å². The second-order valence-electron chi connectivity index (χ2n) is 5.28. The first-order chi connectivity index (χ1) is 8.25. The van der Waals surface area contributed by atoms with Crippen molar-refractivity contribution in [1.82, 2.24) is 10.2 Å². The standard InChI is InChI=1S/C11H14N2O5/c1-11(2)7(8(11)10(17)18)9(16)13-3-5(14)12-6(15)4-13/h7-8H,3-4H2,1-2H3,(H,17,18)(H,12,14,15)/t7-,8+/m1/s1. The van der Waals surface area contributed by atoms with E-state index >= 15 is 0 Å². The number of piperazine rings is 1. The highest BCUT2D eigenvalue weighted by Crippen LogP contribution is 2.59. The van der Waals surface area contributed by atoms with E-state index in [0.717, 1.165) is 4.90 Å². The van der Waals surface area contributed by atoms with Crippen LogP contribution in [0.4, 0.5) is 0 Å². The van der Waals surface area contributed by atoms with Crippen molar-refractivity contribution < 1.29 is 24.3 Å². The van der Waals surface area contributed by atoms with E-state index in [4.69, 9.17) is 5.11 Å². The molecule has 3 amide bonds. The van der Waals surface area contributed by atoms with E-state index in [2.05, 4.69) is 5.32 Å². The van der Waals surface area contributed by atoms with Crippen molar-refractivity contribution >= 4 is 23.7 Å². The highest BCUT2D eigenvalue weighted by atomic mass is 16.4. The minimum atomic E-state index is -1.02. The minimum absolute atomic E-state index is 0.191. The molecule has 7 nitrogen and oxygen atoms in total. The Morgan fingerprint density at radius 1 is 1.22 bits per heavy atom. The number of carboxylic acid groups (broad SMARTS) is 1. The molecule has 2 atom stereocenters. The van der Waals surface area contributed by atoms with Gasteiger partial charge in [-0.3, -0.25) is 24.5 Å². The maximum atomic E-state index is 12.1. The summed E-state index contributed by atoms with van der Waals surface area (Å²) in [5, 5.41) is 11.1. The molecule has 1 saturated heterocycles. The summed E-state index contributed by atoms with van der Waals surface area (Å²) in [7, 11) is 0. The Bertz CT molecular complexity index is 440. The predicted molar refractivity (Wildman–Crippen MR) is 58.1 cm³/mol. The zero-order valence-corrected chi connectivity index (χ0v) is 10.1. The first-order valence-corrected chi connectivity index (χ1v) is 5.59. The Morgan fingerprint density at radius 3 is 2.11 bits per heavy atom. The van der Waals surface area contributed by atoms with Crippen LogP contribution in [0.25, 0.3) is 0 Å². The smallest absolute Gasteiger partial charge is 0.307 e. The first-order valence-electron chi connectivity index (χ1n) is 5.59. The average molecular weight is 254 g/mol. The van der Waals surface area contributed by atoms with Gasteiger partial charge in [-0.2, -0.15) is 0 Å². The van der Waals surface area contributed by atoms with Gasteiger partial charge in [0.2, 0.25) is 17.7 Å². The van der Waals surface area contributed by atoms with Crippen LogP contribution < -0.4 is 5.32 Å². The molecule has 2 aliphatic rings. The van der Waals surface area contributed by atoms with Crippen molar-refractivity contribution in [2.75, 3.05) is 13.1 Å². The van der Waals surface area contributed by atoms with E-state index in [0.29, 0.717) is 0 Å². The number of carbonyl (C=O) groups excluding carboxylic acids is 3. The molecule has 1 aliphatic carbocycles. The van der Waals surface area contributed by atoms with Gasteiger partial charge in [-0.1, -0.05) is 13.8 Å². The Morgan fingerprint density at radius 2 is 1.72 bits per heavy atom. The SMILES string of the molecule is CC1(C)[C@H](C(=O)O)[C@@H]1C(=O)N1CC(=O)NC(=O)C1. The fourth-order valence-electron chi connectivity index (χ4n) is 2.55. The lowest BCUT2D eigenvalue weighted by Gasteiger charge is -2.26. The molecule has 7 heteroatoms. The number of aliphatic carboxylic acids is 1. The van der Waals surface area contributed by atoms with Crippen LogP contribution in [0.2, 0.25) is 0 Å². The number of hydrogen-bond acceptors (Lipinski definition) is 4. The third kappa shape index (κ3) is 1.85. The van der Waals surface area contributed by atoms with Gasteiger partial charge < -0.3 is 10.0 Å². The van der Waals surface area contributed by atoms with Gasteiger partial charge in [-0.25, -0.2) is 0 Å². The van der Waals surface area contributed by atoms with E-state index in [1.807, 2.05) is 0 Å². The van der Waals surface area contributed by atoms with E-state index in [1.54, 1.807) is 13.8 Å². The highest BCUT2D eigenvalue weighted by molar-refractivity contribution is 6.04. The van der Waals surface area contributed by atoms with Gasteiger partial charge in [0, 0.05) is 0 Å². The monoisotopic (exact) mass is 254 g/mol. The van der Waals surface area contributed by atoms with E-state index in [-0.39, 0.29) is 13.1 Å². The second kappa shape index (κ2) is 3.79. The van der Waals surface area contributed by atoms with Crippen LogP contribution in [-0.4, -0.2) is 46.8 Å². The van der Waals surface area contributed by atoms with Crippen LogP contribution in [0, 0.1) is 17.3 Å². The van der Waals surface area contributed by atoms with Crippen molar-refractivity contribution in [2.45, 2.75) is 13.8 Å². The molecule has 0 aromatic carbocycles. The largest absolute Gasteiger partial charge is 0.481 e. The van der Waals surface area contributed by atoms with Crippen molar-refractivity contribution in [3.63, 3.8) is 0 Å². The molecule has 0 unspecified atom stereocenters. The van der Waals surface area contributed by atoms with Crippen LogP contribution in [0.3, 0.4) is 0 Å². The zero-order valence-electron chi connectivity index (χ0n) is 10.1. The summed E-state index contributed by atoms with van der Waals surface area (Å²) in [4.78, 5) is 46.6. The van der Waals surface area contributed by atoms with Crippen molar-refractivity contribution in [1.29, 1.82) is 0 Å². The van der Waals surface area contributed by atoms with Crippen LogP contribution >= 0.6 is 0 Å². The van der Waals surface area contributed by atoms with Crippen LogP contribution in [0.1, 0.15) is 13.8 Å². The minimum Gasteiger partial charge on any atom is -0.481 e. The summed E-state index contributed by atoms with van der Waals surface area (Å²) in [5.41, 5.74) is -0.625. The second-order valence-corrected chi connectivity index (χ2v) is 5.28. The first kappa shape index (κ1) is 12.5. The molecule has 2 fully saturated rings. The van der Waals surface area contributed by atoms with Crippen molar-refractivity contribution in [3.05, 3.63) is 0 Å². The van der Waals surface area contributed by atoms with E-state index < -0.39 is 40.9 Å². The molecule has 1 aliphatic heterocycles. The van der Waals surface area contributed by atoms with Crippen molar-refractivity contribution in [3.8, 4) is 0 Å². The van der Waals surface area contributed by atoms with Gasteiger partial charge in [-0.05, 0) is 5.41 Å². The predicted octanol–water partition coefficient (Wildman–Crippen LogP) is -1.17. The third-order valence-electron chi connectivity index (χ3n) is 3.62. The number of nitrogens with one attached hydrogen (secondary N) is 1. The lowest BCUT2D eigenvalue weighted by molar-refractivity contribution is -0.147. The van der Waals surface area contributed by atoms with Crippen LogP contribution in [0.15, 0.2) is 0 Å². The normalized spacial score (nSPS) is 29.8. The summed E-state index contributed by atoms with van der Waals surface area (Å²) in [6.45, 7) is 3.01. The Kier molecular flexibility index (Phi) is 2.64. The topological polar surface area (TPSA) is 104 Å². The number of hydrogen-bond donors (Lipinski definition) is 2. The molecule has 1 saturated carbocycles. The Balaban J connectivity index is 2.11. The van der Waals surface area contributed by atoms with Gasteiger partial charge in [0.1, 0.15) is 13.1 Å². The molecular formula is C11H14N2O5. The number of nitrogens with zero attached hydrogens (tertiary/aromatic N) is 1. The quantitative estimate of drug-likeness (QED) is 0.604. The van der Waals surface area contributed by atoms with Crippen molar-refractivity contribution in [2.24, 2.45) is 17.3 Å². The molecule has 1 heterocycles. The van der Waals surface area contributed by atoms with Crippen LogP contribution in [0.5, 0.6) is 0 Å². The maximum absolute atomic E-state index is 12.1. The number of carbonyl (C=O) groups is 4. The molecular weight excluding hydrogens is 240 g/mol. The molecule has 0 spiro atoms. The number of imide groups is 1. The van der Waals surface area contributed by atoms with Gasteiger partial charge in [0.15, 0.2) is 0 Å². The van der Waals surface area contributed by atoms with Gasteiger partial charge in [-0.15, -0.1) is 0 Å². The zero-order chi connectivity index (χ0) is 13.7.